The third-order valence-corrected chi connectivity index (χ3v) is 4.15. The van der Waals surface area contributed by atoms with Crippen LogP contribution >= 0.6 is 0 Å². The van der Waals surface area contributed by atoms with Crippen LogP contribution in [-0.2, 0) is 4.79 Å². The highest BCUT2D eigenvalue weighted by Gasteiger charge is 2.52. The van der Waals surface area contributed by atoms with Crippen LogP contribution in [0.4, 0.5) is 0 Å². The van der Waals surface area contributed by atoms with Crippen molar-refractivity contribution in [1.82, 2.24) is 10.2 Å². The van der Waals surface area contributed by atoms with Gasteiger partial charge < -0.3 is 4.90 Å². The molecule has 1 saturated carbocycles. The van der Waals surface area contributed by atoms with Gasteiger partial charge in [-0.15, -0.1) is 0 Å². The van der Waals surface area contributed by atoms with Crippen LogP contribution in [0.5, 0.6) is 0 Å². The lowest BCUT2D eigenvalue weighted by atomic mass is 9.94. The third-order valence-electron chi connectivity index (χ3n) is 4.15. The van der Waals surface area contributed by atoms with Gasteiger partial charge in [0.15, 0.2) is 0 Å². The summed E-state index contributed by atoms with van der Waals surface area (Å²) in [6, 6.07) is 0. The minimum Gasteiger partial charge on any atom is -0.325 e. The molecule has 3 nitrogen and oxygen atoms in total. The molecule has 0 aromatic carbocycles. The molecule has 1 aliphatic carbocycles. The Hall–Kier alpha value is -0.570. The zero-order chi connectivity index (χ0) is 13.4. The lowest BCUT2D eigenvalue weighted by molar-refractivity contribution is -0.134. The summed E-state index contributed by atoms with van der Waals surface area (Å²) in [6.07, 6.45) is 6.92. The van der Waals surface area contributed by atoms with Crippen molar-refractivity contribution in [2.45, 2.75) is 77.9 Å². The zero-order valence-corrected chi connectivity index (χ0v) is 12.4. The van der Waals surface area contributed by atoms with E-state index < -0.39 is 0 Å². The van der Waals surface area contributed by atoms with Gasteiger partial charge in [0.1, 0.15) is 0 Å². The summed E-state index contributed by atoms with van der Waals surface area (Å²) < 4.78 is 0. The summed E-state index contributed by atoms with van der Waals surface area (Å²) in [5.74, 6) is 0.369. The molecule has 0 radical (unpaired) electrons. The first kappa shape index (κ1) is 13.9. The van der Waals surface area contributed by atoms with Gasteiger partial charge in [-0.05, 0) is 24.7 Å². The topological polar surface area (TPSA) is 32.3 Å². The van der Waals surface area contributed by atoms with E-state index in [9.17, 15) is 4.79 Å². The minimum absolute atomic E-state index is 0.174. The first-order valence-corrected chi connectivity index (χ1v) is 7.47. The van der Waals surface area contributed by atoms with Crippen LogP contribution in [0.1, 0.15) is 66.2 Å². The van der Waals surface area contributed by atoms with Crippen LogP contribution in [0.15, 0.2) is 0 Å². The molecule has 2 rings (SSSR count). The molecule has 18 heavy (non-hydrogen) atoms. The van der Waals surface area contributed by atoms with Crippen molar-refractivity contribution in [3.8, 4) is 0 Å². The lowest BCUT2D eigenvalue weighted by Crippen LogP contribution is -2.44. The van der Waals surface area contributed by atoms with Gasteiger partial charge in [-0.2, -0.15) is 0 Å². The second-order valence-electron chi connectivity index (χ2n) is 7.23. The molecular weight excluding hydrogens is 224 g/mol. The van der Waals surface area contributed by atoms with E-state index in [0.717, 1.165) is 32.2 Å². The molecule has 1 heterocycles. The Bertz CT molecular complexity index is 313. The number of hydrogen-bond acceptors (Lipinski definition) is 2. The van der Waals surface area contributed by atoms with Crippen LogP contribution in [-0.4, -0.2) is 29.1 Å². The lowest BCUT2D eigenvalue weighted by Gasteiger charge is -2.31. The van der Waals surface area contributed by atoms with Gasteiger partial charge in [0, 0.05) is 6.54 Å². The molecule has 0 aromatic heterocycles. The van der Waals surface area contributed by atoms with E-state index in [1.165, 1.54) is 12.8 Å². The van der Waals surface area contributed by atoms with Crippen molar-refractivity contribution in [3.05, 3.63) is 0 Å². The van der Waals surface area contributed by atoms with Crippen molar-refractivity contribution in [1.29, 1.82) is 0 Å². The van der Waals surface area contributed by atoms with Crippen molar-refractivity contribution < 1.29 is 4.79 Å². The first-order valence-electron chi connectivity index (χ1n) is 7.47. The molecule has 2 fully saturated rings. The maximum atomic E-state index is 12.8. The molecular formula is C15H28N2O. The number of hydrogen-bond donors (Lipinski definition) is 1. The molecule has 1 unspecified atom stereocenters. The van der Waals surface area contributed by atoms with E-state index in [0.29, 0.717) is 5.91 Å². The first-order chi connectivity index (χ1) is 8.38. The molecule has 1 spiro atoms. The number of nitrogens with zero attached hydrogens (tertiary/aromatic N) is 1. The van der Waals surface area contributed by atoms with Gasteiger partial charge >= 0.3 is 0 Å². The van der Waals surface area contributed by atoms with Gasteiger partial charge in [-0.3, -0.25) is 10.1 Å². The van der Waals surface area contributed by atoms with Crippen molar-refractivity contribution >= 4 is 5.91 Å². The van der Waals surface area contributed by atoms with Gasteiger partial charge in [0.05, 0.1) is 11.7 Å². The molecule has 1 N–H and O–H groups in total. The molecule has 1 atom stereocenters. The quantitative estimate of drug-likeness (QED) is 0.837. The third kappa shape index (κ3) is 2.56. The maximum absolute atomic E-state index is 12.8. The fourth-order valence-electron chi connectivity index (χ4n) is 3.41. The molecule has 1 amide bonds. The number of nitrogens with one attached hydrogen (secondary N) is 1. The molecule has 0 bridgehead atoms. The molecule has 3 heteroatoms. The molecule has 0 aromatic rings. The van der Waals surface area contributed by atoms with Crippen molar-refractivity contribution in [2.24, 2.45) is 5.41 Å². The molecule has 1 saturated heterocycles. The fraction of sp³-hybridized carbons (Fsp3) is 0.933. The number of rotatable bonds is 3. The van der Waals surface area contributed by atoms with Gasteiger partial charge in [-0.25, -0.2) is 0 Å². The van der Waals surface area contributed by atoms with Crippen molar-refractivity contribution in [3.63, 3.8) is 0 Å². The van der Waals surface area contributed by atoms with E-state index in [1.54, 1.807) is 0 Å². The number of amides is 1. The summed E-state index contributed by atoms with van der Waals surface area (Å²) in [5, 5.41) is 3.67. The second-order valence-corrected chi connectivity index (χ2v) is 7.23. The van der Waals surface area contributed by atoms with Gasteiger partial charge in [0.2, 0.25) is 5.91 Å². The highest BCUT2D eigenvalue weighted by atomic mass is 16.2. The summed E-state index contributed by atoms with van der Waals surface area (Å²) in [6.45, 7) is 9.70. The number of carbonyl (C=O) groups excluding carboxylic acids is 1. The van der Waals surface area contributed by atoms with Gasteiger partial charge in [0.25, 0.3) is 0 Å². The summed E-state index contributed by atoms with van der Waals surface area (Å²) >= 11 is 0. The normalized spacial score (nSPS) is 27.4. The molecule has 2 aliphatic rings. The average Bonchev–Trinajstić information content (AvgIpc) is 2.80. The highest BCUT2D eigenvalue weighted by Crippen LogP contribution is 2.38. The Morgan fingerprint density at radius 3 is 2.44 bits per heavy atom. The molecule has 1 aliphatic heterocycles. The van der Waals surface area contributed by atoms with Crippen LogP contribution in [0, 0.1) is 5.41 Å². The summed E-state index contributed by atoms with van der Waals surface area (Å²) in [7, 11) is 0. The predicted octanol–water partition coefficient (Wildman–Crippen LogP) is 2.90. The minimum atomic E-state index is -0.203. The van der Waals surface area contributed by atoms with E-state index >= 15 is 0 Å². The number of carbonyl (C=O) groups is 1. The highest BCUT2D eigenvalue weighted by molar-refractivity contribution is 5.89. The van der Waals surface area contributed by atoms with Crippen LogP contribution in [0.25, 0.3) is 0 Å². The van der Waals surface area contributed by atoms with E-state index in [2.05, 4.69) is 37.9 Å². The average molecular weight is 252 g/mol. The monoisotopic (exact) mass is 252 g/mol. The van der Waals surface area contributed by atoms with E-state index in [-0.39, 0.29) is 17.1 Å². The Labute approximate surface area is 111 Å². The second kappa shape index (κ2) is 4.84. The largest absolute Gasteiger partial charge is 0.325 e. The van der Waals surface area contributed by atoms with Gasteiger partial charge in [-0.1, -0.05) is 47.0 Å². The fourth-order valence-corrected chi connectivity index (χ4v) is 3.41. The van der Waals surface area contributed by atoms with E-state index in [4.69, 9.17) is 0 Å². The van der Waals surface area contributed by atoms with Crippen LogP contribution in [0.2, 0.25) is 0 Å². The summed E-state index contributed by atoms with van der Waals surface area (Å²) in [4.78, 5) is 14.9. The van der Waals surface area contributed by atoms with Crippen molar-refractivity contribution in [2.75, 3.05) is 6.54 Å². The SMILES string of the molecule is CCCC1NC2(CCCC2)C(=O)N1CC(C)(C)C. The Morgan fingerprint density at radius 1 is 1.33 bits per heavy atom. The van der Waals surface area contributed by atoms with E-state index in [1.807, 2.05) is 0 Å². The Kier molecular flexibility index (Phi) is 3.72. The summed E-state index contributed by atoms with van der Waals surface area (Å²) in [5.41, 5.74) is -0.0292. The maximum Gasteiger partial charge on any atom is 0.244 e. The smallest absolute Gasteiger partial charge is 0.244 e. The van der Waals surface area contributed by atoms with Crippen LogP contribution < -0.4 is 5.32 Å². The Balaban J connectivity index is 2.16. The Morgan fingerprint density at radius 2 is 1.94 bits per heavy atom. The van der Waals surface area contributed by atoms with Crippen LogP contribution in [0.3, 0.4) is 0 Å². The predicted molar refractivity (Wildman–Crippen MR) is 74.2 cm³/mol. The zero-order valence-electron chi connectivity index (χ0n) is 12.4. The molecule has 104 valence electrons. The standard InChI is InChI=1S/C15H28N2O/c1-5-8-12-16-15(9-6-7-10-15)13(18)17(12)11-14(2,3)4/h12,16H,5-11H2,1-4H3.